The molecule has 2 heterocycles. The average molecular weight is 253 g/mol. The maximum absolute atomic E-state index is 5.96. The van der Waals surface area contributed by atoms with Crippen LogP contribution in [-0.2, 0) is 0 Å². The first kappa shape index (κ1) is 10.7. The second-order valence-electron chi connectivity index (χ2n) is 4.39. The Balaban J connectivity index is 2.10. The van der Waals surface area contributed by atoms with Crippen molar-refractivity contribution in [3.8, 4) is 0 Å². The first-order valence-electron chi connectivity index (χ1n) is 5.80. The molecule has 2 aromatic rings. The predicted octanol–water partition coefficient (Wildman–Crippen LogP) is 1.80. The van der Waals surface area contributed by atoms with Crippen LogP contribution in [0, 0.1) is 0 Å². The topological polar surface area (TPSA) is 82.0 Å². The molecule has 1 saturated carbocycles. The van der Waals surface area contributed by atoms with Gasteiger partial charge in [-0.3, -0.25) is 0 Å². The van der Waals surface area contributed by atoms with Crippen molar-refractivity contribution in [2.24, 2.45) is 0 Å². The largest absolute Gasteiger partial charge is 0.366 e. The summed E-state index contributed by atoms with van der Waals surface area (Å²) in [6.07, 6.45) is 6.01. The summed E-state index contributed by atoms with van der Waals surface area (Å²) >= 11 is 5.96. The SMILES string of the molecule is Nc1nc(Cl)c2nnc(C3CCCCC3)n2n1. The van der Waals surface area contributed by atoms with Crippen molar-refractivity contribution in [3.05, 3.63) is 11.0 Å². The van der Waals surface area contributed by atoms with Gasteiger partial charge in [0.1, 0.15) is 0 Å². The van der Waals surface area contributed by atoms with Crippen LogP contribution in [0.5, 0.6) is 0 Å². The molecule has 6 nitrogen and oxygen atoms in total. The Morgan fingerprint density at radius 3 is 2.71 bits per heavy atom. The van der Waals surface area contributed by atoms with Gasteiger partial charge in [-0.25, -0.2) is 0 Å². The van der Waals surface area contributed by atoms with Gasteiger partial charge in [0.2, 0.25) is 11.6 Å². The third kappa shape index (κ3) is 1.82. The molecule has 0 atom stereocenters. The number of aromatic nitrogens is 5. The van der Waals surface area contributed by atoms with Gasteiger partial charge >= 0.3 is 0 Å². The molecule has 0 unspecified atom stereocenters. The highest BCUT2D eigenvalue weighted by Gasteiger charge is 2.22. The molecule has 0 spiro atoms. The maximum atomic E-state index is 5.96. The molecular formula is C10H13ClN6. The summed E-state index contributed by atoms with van der Waals surface area (Å²) in [5.41, 5.74) is 6.09. The summed E-state index contributed by atoms with van der Waals surface area (Å²) in [6.45, 7) is 0. The highest BCUT2D eigenvalue weighted by Crippen LogP contribution is 2.31. The highest BCUT2D eigenvalue weighted by molar-refractivity contribution is 6.32. The van der Waals surface area contributed by atoms with Gasteiger partial charge in [0.25, 0.3) is 0 Å². The molecule has 1 aliphatic rings. The summed E-state index contributed by atoms with van der Waals surface area (Å²) in [7, 11) is 0. The molecule has 17 heavy (non-hydrogen) atoms. The minimum Gasteiger partial charge on any atom is -0.366 e. The van der Waals surface area contributed by atoms with E-state index in [1.807, 2.05) is 0 Å². The summed E-state index contributed by atoms with van der Waals surface area (Å²) in [5, 5.41) is 12.6. The molecule has 1 aliphatic carbocycles. The molecular weight excluding hydrogens is 240 g/mol. The van der Waals surface area contributed by atoms with Gasteiger partial charge in [0, 0.05) is 5.92 Å². The molecule has 0 aliphatic heterocycles. The number of hydrogen-bond donors (Lipinski definition) is 1. The minimum atomic E-state index is 0.152. The fourth-order valence-corrected chi connectivity index (χ4v) is 2.61. The summed E-state index contributed by atoms with van der Waals surface area (Å²) in [5.74, 6) is 1.42. The maximum Gasteiger partial charge on any atom is 0.240 e. The molecule has 1 fully saturated rings. The molecule has 2 N–H and O–H groups in total. The van der Waals surface area contributed by atoms with E-state index in [1.54, 1.807) is 4.52 Å². The van der Waals surface area contributed by atoms with Gasteiger partial charge in [-0.2, -0.15) is 9.50 Å². The molecule has 0 bridgehead atoms. The predicted molar refractivity (Wildman–Crippen MR) is 63.8 cm³/mol. The molecule has 0 amide bonds. The first-order chi connectivity index (χ1) is 8.25. The zero-order chi connectivity index (χ0) is 11.8. The van der Waals surface area contributed by atoms with E-state index in [9.17, 15) is 0 Å². The van der Waals surface area contributed by atoms with Gasteiger partial charge in [-0.05, 0) is 12.8 Å². The van der Waals surface area contributed by atoms with Gasteiger partial charge in [-0.15, -0.1) is 15.3 Å². The number of fused-ring (bicyclic) bond motifs is 1. The van der Waals surface area contributed by atoms with Crippen LogP contribution in [0.3, 0.4) is 0 Å². The minimum absolute atomic E-state index is 0.152. The lowest BCUT2D eigenvalue weighted by Crippen LogP contribution is -2.11. The lowest BCUT2D eigenvalue weighted by Gasteiger charge is -2.19. The van der Waals surface area contributed by atoms with Crippen LogP contribution >= 0.6 is 11.6 Å². The molecule has 0 saturated heterocycles. The van der Waals surface area contributed by atoms with E-state index in [1.165, 1.54) is 19.3 Å². The normalized spacial score (nSPS) is 17.7. The molecule has 3 rings (SSSR count). The lowest BCUT2D eigenvalue weighted by atomic mass is 9.89. The average Bonchev–Trinajstić information content (AvgIpc) is 2.74. The molecule has 2 aromatic heterocycles. The smallest absolute Gasteiger partial charge is 0.240 e. The molecule has 7 heteroatoms. The Hall–Kier alpha value is -1.43. The number of anilines is 1. The van der Waals surface area contributed by atoms with E-state index in [4.69, 9.17) is 17.3 Å². The first-order valence-corrected chi connectivity index (χ1v) is 6.18. The second-order valence-corrected chi connectivity index (χ2v) is 4.75. The van der Waals surface area contributed by atoms with Crippen molar-refractivity contribution in [1.29, 1.82) is 0 Å². The van der Waals surface area contributed by atoms with Crippen LogP contribution in [0.2, 0.25) is 5.15 Å². The summed E-state index contributed by atoms with van der Waals surface area (Å²) in [6, 6.07) is 0. The van der Waals surface area contributed by atoms with E-state index in [-0.39, 0.29) is 11.1 Å². The summed E-state index contributed by atoms with van der Waals surface area (Å²) < 4.78 is 1.64. The van der Waals surface area contributed by atoms with Gasteiger partial charge in [0.05, 0.1) is 0 Å². The number of nitrogens with two attached hydrogens (primary N) is 1. The van der Waals surface area contributed by atoms with Crippen LogP contribution in [0.15, 0.2) is 0 Å². The number of rotatable bonds is 1. The van der Waals surface area contributed by atoms with Crippen LogP contribution in [-0.4, -0.2) is 24.8 Å². The summed E-state index contributed by atoms with van der Waals surface area (Å²) in [4.78, 5) is 3.87. The van der Waals surface area contributed by atoms with E-state index in [0.29, 0.717) is 11.6 Å². The van der Waals surface area contributed by atoms with Gasteiger partial charge in [0.15, 0.2) is 11.0 Å². The fourth-order valence-electron chi connectivity index (χ4n) is 2.41. The van der Waals surface area contributed by atoms with Crippen molar-refractivity contribution in [3.63, 3.8) is 0 Å². The van der Waals surface area contributed by atoms with Crippen LogP contribution in [0.4, 0.5) is 5.95 Å². The van der Waals surface area contributed by atoms with Crippen LogP contribution in [0.25, 0.3) is 5.65 Å². The van der Waals surface area contributed by atoms with Crippen molar-refractivity contribution in [2.75, 3.05) is 5.73 Å². The molecule has 90 valence electrons. The Morgan fingerprint density at radius 1 is 1.18 bits per heavy atom. The Kier molecular flexibility index (Phi) is 2.58. The van der Waals surface area contributed by atoms with Crippen molar-refractivity contribution in [1.82, 2.24) is 24.8 Å². The quantitative estimate of drug-likeness (QED) is 0.837. The van der Waals surface area contributed by atoms with E-state index >= 15 is 0 Å². The lowest BCUT2D eigenvalue weighted by molar-refractivity contribution is 0.423. The highest BCUT2D eigenvalue weighted by atomic mass is 35.5. The van der Waals surface area contributed by atoms with Crippen molar-refractivity contribution < 1.29 is 0 Å². The third-order valence-electron chi connectivity index (χ3n) is 3.23. The Bertz CT molecular complexity index is 545. The molecule has 0 aromatic carbocycles. The van der Waals surface area contributed by atoms with E-state index < -0.39 is 0 Å². The monoisotopic (exact) mass is 252 g/mol. The van der Waals surface area contributed by atoms with Gasteiger partial charge < -0.3 is 5.73 Å². The van der Waals surface area contributed by atoms with Gasteiger partial charge in [-0.1, -0.05) is 30.9 Å². The zero-order valence-electron chi connectivity index (χ0n) is 9.30. The van der Waals surface area contributed by atoms with Crippen molar-refractivity contribution >= 4 is 23.2 Å². The second kappa shape index (κ2) is 4.10. The van der Waals surface area contributed by atoms with Crippen LogP contribution in [0.1, 0.15) is 43.8 Å². The number of hydrogen-bond acceptors (Lipinski definition) is 5. The molecule has 0 radical (unpaired) electrons. The third-order valence-corrected chi connectivity index (χ3v) is 3.49. The van der Waals surface area contributed by atoms with E-state index in [2.05, 4.69) is 20.3 Å². The Morgan fingerprint density at radius 2 is 1.94 bits per heavy atom. The number of halogens is 1. The van der Waals surface area contributed by atoms with Crippen molar-refractivity contribution in [2.45, 2.75) is 38.0 Å². The number of nitrogen functional groups attached to an aromatic ring is 1. The standard InChI is InChI=1S/C10H13ClN6/c11-7-9-15-14-8(6-4-2-1-3-5-6)17(9)16-10(12)13-7/h6H,1-5H2,(H2,12,16). The van der Waals surface area contributed by atoms with E-state index in [0.717, 1.165) is 18.7 Å². The Labute approximate surface area is 103 Å². The number of nitrogens with zero attached hydrogens (tertiary/aromatic N) is 5. The zero-order valence-corrected chi connectivity index (χ0v) is 10.1. The fraction of sp³-hybridized carbons (Fsp3) is 0.600. The van der Waals surface area contributed by atoms with Crippen LogP contribution < -0.4 is 5.73 Å².